The van der Waals surface area contributed by atoms with Crippen molar-refractivity contribution in [2.24, 2.45) is 0 Å². The number of aromatic amines is 1. The molecule has 0 saturated carbocycles. The van der Waals surface area contributed by atoms with Crippen LogP contribution in [0.3, 0.4) is 0 Å². The number of nitrogens with one attached hydrogen (secondary N) is 2. The maximum Gasteiger partial charge on any atom is 0.237 e. The predicted octanol–water partition coefficient (Wildman–Crippen LogP) is 4.53. The summed E-state index contributed by atoms with van der Waals surface area (Å²) in [6.45, 7) is 2.42. The van der Waals surface area contributed by atoms with Gasteiger partial charge in [-0.1, -0.05) is 29.8 Å². The molecule has 2 N–H and O–H groups in total. The largest absolute Gasteiger partial charge is 0.437 e. The number of benzene rings is 2. The SMILES string of the molecule is Cc1cccc(-c2n[nH]c(=S)n2CCC(=O)Nc2cccc(Oc3cnccn3)c2)c1. The molecule has 2 heterocycles. The number of rotatable bonds is 7. The lowest BCUT2D eigenvalue weighted by molar-refractivity contribution is -0.116. The van der Waals surface area contributed by atoms with E-state index >= 15 is 0 Å². The van der Waals surface area contributed by atoms with Crippen molar-refractivity contribution in [2.75, 3.05) is 5.32 Å². The number of anilines is 1. The zero-order chi connectivity index (χ0) is 21.6. The first-order valence-corrected chi connectivity index (χ1v) is 10.1. The van der Waals surface area contributed by atoms with E-state index in [-0.39, 0.29) is 12.3 Å². The van der Waals surface area contributed by atoms with Crippen LogP contribution in [-0.4, -0.2) is 30.6 Å². The number of amides is 1. The van der Waals surface area contributed by atoms with Gasteiger partial charge in [0.2, 0.25) is 11.8 Å². The van der Waals surface area contributed by atoms with E-state index in [0.29, 0.717) is 34.5 Å². The van der Waals surface area contributed by atoms with Crippen LogP contribution in [0.4, 0.5) is 5.69 Å². The molecule has 31 heavy (non-hydrogen) atoms. The molecular formula is C22H20N6O2S. The van der Waals surface area contributed by atoms with Crippen molar-refractivity contribution in [3.05, 3.63) is 77.5 Å². The summed E-state index contributed by atoms with van der Waals surface area (Å²) >= 11 is 5.35. The summed E-state index contributed by atoms with van der Waals surface area (Å²) < 4.78 is 7.96. The molecule has 8 nitrogen and oxygen atoms in total. The summed E-state index contributed by atoms with van der Waals surface area (Å²) in [5.41, 5.74) is 2.70. The molecule has 0 radical (unpaired) electrons. The number of ether oxygens (including phenoxy) is 1. The molecular weight excluding hydrogens is 412 g/mol. The Morgan fingerprint density at radius 2 is 2.06 bits per heavy atom. The Balaban J connectivity index is 1.41. The molecule has 0 unspecified atom stereocenters. The number of carbonyl (C=O) groups excluding carboxylic acids is 1. The molecule has 1 amide bonds. The van der Waals surface area contributed by atoms with Crippen LogP contribution in [0.25, 0.3) is 11.4 Å². The van der Waals surface area contributed by atoms with E-state index in [1.807, 2.05) is 35.8 Å². The standard InChI is InChI=1S/C22H20N6O2S/c1-15-4-2-5-16(12-15)21-26-27-22(31)28(21)11-8-19(29)25-17-6-3-7-18(13-17)30-20-14-23-9-10-24-20/h2-7,9-10,12-14H,8,11H2,1H3,(H,25,29)(H,27,31). The Morgan fingerprint density at radius 1 is 1.19 bits per heavy atom. The second kappa shape index (κ2) is 9.31. The first-order valence-electron chi connectivity index (χ1n) is 9.64. The van der Waals surface area contributed by atoms with Gasteiger partial charge in [-0.05, 0) is 37.3 Å². The van der Waals surface area contributed by atoms with Crippen molar-refractivity contribution < 1.29 is 9.53 Å². The van der Waals surface area contributed by atoms with Crippen molar-refractivity contribution in [3.8, 4) is 23.0 Å². The molecule has 0 aliphatic rings. The van der Waals surface area contributed by atoms with E-state index in [0.717, 1.165) is 11.1 Å². The van der Waals surface area contributed by atoms with Gasteiger partial charge >= 0.3 is 0 Å². The molecule has 9 heteroatoms. The Bertz CT molecular complexity index is 1250. The molecule has 0 bridgehead atoms. The van der Waals surface area contributed by atoms with Gasteiger partial charge in [-0.2, -0.15) is 5.10 Å². The molecule has 0 aliphatic carbocycles. The fourth-order valence-corrected chi connectivity index (χ4v) is 3.29. The third kappa shape index (κ3) is 5.20. The molecule has 0 aliphatic heterocycles. The van der Waals surface area contributed by atoms with Gasteiger partial charge < -0.3 is 10.1 Å². The van der Waals surface area contributed by atoms with Crippen molar-refractivity contribution in [2.45, 2.75) is 19.9 Å². The molecule has 0 spiro atoms. The zero-order valence-electron chi connectivity index (χ0n) is 16.8. The highest BCUT2D eigenvalue weighted by Gasteiger charge is 2.11. The number of hydrogen-bond acceptors (Lipinski definition) is 6. The Hall–Kier alpha value is -3.85. The van der Waals surface area contributed by atoms with Crippen LogP contribution in [0, 0.1) is 11.7 Å². The van der Waals surface area contributed by atoms with Crippen molar-refractivity contribution in [1.82, 2.24) is 24.7 Å². The highest BCUT2D eigenvalue weighted by Crippen LogP contribution is 2.22. The first-order chi connectivity index (χ1) is 15.1. The predicted molar refractivity (Wildman–Crippen MR) is 119 cm³/mol. The number of H-pyrrole nitrogens is 1. The Morgan fingerprint density at radius 3 is 2.87 bits per heavy atom. The van der Waals surface area contributed by atoms with E-state index < -0.39 is 0 Å². The lowest BCUT2D eigenvalue weighted by Crippen LogP contribution is -2.15. The van der Waals surface area contributed by atoms with E-state index in [2.05, 4.69) is 25.5 Å². The van der Waals surface area contributed by atoms with Crippen LogP contribution in [0.2, 0.25) is 0 Å². The number of nitrogens with zero attached hydrogens (tertiary/aromatic N) is 4. The summed E-state index contributed by atoms with van der Waals surface area (Å²) in [7, 11) is 0. The van der Waals surface area contributed by atoms with Gasteiger partial charge in [0.1, 0.15) is 5.75 Å². The highest BCUT2D eigenvalue weighted by molar-refractivity contribution is 7.71. The van der Waals surface area contributed by atoms with Crippen LogP contribution >= 0.6 is 12.2 Å². The lowest BCUT2D eigenvalue weighted by atomic mass is 10.1. The maximum atomic E-state index is 12.5. The van der Waals surface area contributed by atoms with Crippen molar-refractivity contribution in [1.29, 1.82) is 0 Å². The third-order valence-corrected chi connectivity index (χ3v) is 4.79. The van der Waals surface area contributed by atoms with Crippen LogP contribution in [0.15, 0.2) is 67.1 Å². The quantitative estimate of drug-likeness (QED) is 0.417. The van der Waals surface area contributed by atoms with Gasteiger partial charge in [0.25, 0.3) is 0 Å². The van der Waals surface area contributed by atoms with Gasteiger partial charge in [-0.3, -0.25) is 19.4 Å². The molecule has 156 valence electrons. The number of aromatic nitrogens is 5. The molecule has 0 fully saturated rings. The fraction of sp³-hybridized carbons (Fsp3) is 0.136. The van der Waals surface area contributed by atoms with Crippen LogP contribution in [-0.2, 0) is 11.3 Å². The number of carbonyl (C=O) groups is 1. The smallest absolute Gasteiger partial charge is 0.237 e. The fourth-order valence-electron chi connectivity index (χ4n) is 3.06. The Labute approximate surface area is 184 Å². The summed E-state index contributed by atoms with van der Waals surface area (Å²) in [6.07, 6.45) is 4.88. The van der Waals surface area contributed by atoms with E-state index in [9.17, 15) is 4.79 Å². The monoisotopic (exact) mass is 432 g/mol. The van der Waals surface area contributed by atoms with Crippen molar-refractivity contribution in [3.63, 3.8) is 0 Å². The topological polar surface area (TPSA) is 97.7 Å². The lowest BCUT2D eigenvalue weighted by Gasteiger charge is -2.10. The second-order valence-corrected chi connectivity index (χ2v) is 7.23. The minimum absolute atomic E-state index is 0.144. The van der Waals surface area contributed by atoms with Gasteiger partial charge in [0, 0.05) is 42.7 Å². The average molecular weight is 433 g/mol. The van der Waals surface area contributed by atoms with E-state index in [4.69, 9.17) is 17.0 Å². The summed E-state index contributed by atoms with van der Waals surface area (Å²) in [5, 5.41) is 10.0. The van der Waals surface area contributed by atoms with Gasteiger partial charge in [0.05, 0.1) is 6.20 Å². The molecule has 4 rings (SSSR count). The minimum atomic E-state index is -0.144. The summed E-state index contributed by atoms with van der Waals surface area (Å²) in [4.78, 5) is 20.6. The van der Waals surface area contributed by atoms with Gasteiger partial charge in [-0.15, -0.1) is 0 Å². The van der Waals surface area contributed by atoms with Crippen LogP contribution in [0.5, 0.6) is 11.6 Å². The third-order valence-electron chi connectivity index (χ3n) is 4.48. The zero-order valence-corrected chi connectivity index (χ0v) is 17.6. The molecule has 2 aromatic carbocycles. The van der Waals surface area contributed by atoms with Crippen LogP contribution in [0.1, 0.15) is 12.0 Å². The maximum absolute atomic E-state index is 12.5. The van der Waals surface area contributed by atoms with Crippen LogP contribution < -0.4 is 10.1 Å². The molecule has 2 aromatic heterocycles. The number of hydrogen-bond donors (Lipinski definition) is 2. The van der Waals surface area contributed by atoms with Gasteiger partial charge in [-0.25, -0.2) is 4.98 Å². The highest BCUT2D eigenvalue weighted by atomic mass is 32.1. The Kier molecular flexibility index (Phi) is 6.13. The average Bonchev–Trinajstić information content (AvgIpc) is 3.13. The molecule has 0 saturated heterocycles. The van der Waals surface area contributed by atoms with Gasteiger partial charge in [0.15, 0.2) is 10.6 Å². The number of aryl methyl sites for hydroxylation is 1. The van der Waals surface area contributed by atoms with E-state index in [1.165, 1.54) is 6.20 Å². The summed E-state index contributed by atoms with van der Waals surface area (Å²) in [6, 6.07) is 15.1. The normalized spacial score (nSPS) is 10.6. The minimum Gasteiger partial charge on any atom is -0.437 e. The molecule has 0 atom stereocenters. The van der Waals surface area contributed by atoms with Crippen molar-refractivity contribution >= 4 is 23.8 Å². The van der Waals surface area contributed by atoms with E-state index in [1.54, 1.807) is 36.7 Å². The first kappa shape index (κ1) is 20.4. The molecule has 4 aromatic rings. The second-order valence-electron chi connectivity index (χ2n) is 6.85. The summed E-state index contributed by atoms with van der Waals surface area (Å²) in [5.74, 6) is 1.50.